The summed E-state index contributed by atoms with van der Waals surface area (Å²) in [6.07, 6.45) is 2.65. The van der Waals surface area contributed by atoms with E-state index in [4.69, 9.17) is 38.0 Å². The van der Waals surface area contributed by atoms with Crippen molar-refractivity contribution in [2.45, 2.75) is 6.42 Å². The van der Waals surface area contributed by atoms with Gasteiger partial charge in [0.05, 0.1) is 24.5 Å². The summed E-state index contributed by atoms with van der Waals surface area (Å²) >= 11 is 11.3. The molecule has 2 aliphatic heterocycles. The van der Waals surface area contributed by atoms with Crippen LogP contribution in [0.15, 0.2) is 17.2 Å². The molecule has 1 aromatic rings. The second kappa shape index (κ2) is 9.19. The standard InChI is InChI=1S/C16H21ClN4O3S/c17-13-8-12(9-14-15(13)24-11-23-14)10-19-20-16(25)18-2-1-3-21-4-6-22-7-5-21/h8-10H,1-7,11H2,(H2,18,20,25)/b19-10-. The molecule has 0 saturated carbocycles. The van der Waals surface area contributed by atoms with Crippen LogP contribution in [-0.2, 0) is 4.74 Å². The summed E-state index contributed by atoms with van der Waals surface area (Å²) < 4.78 is 15.9. The Morgan fingerprint density at radius 3 is 3.00 bits per heavy atom. The third-order valence-corrected chi connectivity index (χ3v) is 4.39. The summed E-state index contributed by atoms with van der Waals surface area (Å²) in [5, 5.41) is 8.25. The number of ether oxygens (including phenoxy) is 3. The predicted octanol–water partition coefficient (Wildman–Crippen LogP) is 1.59. The molecular weight excluding hydrogens is 364 g/mol. The van der Waals surface area contributed by atoms with Crippen molar-refractivity contribution in [2.24, 2.45) is 5.10 Å². The van der Waals surface area contributed by atoms with Gasteiger partial charge in [0.25, 0.3) is 0 Å². The van der Waals surface area contributed by atoms with Crippen molar-refractivity contribution >= 4 is 35.1 Å². The Bertz CT molecular complexity index is 638. The van der Waals surface area contributed by atoms with Crippen LogP contribution in [-0.4, -0.2) is 62.4 Å². The normalized spacial score (nSPS) is 17.0. The van der Waals surface area contributed by atoms with Crippen LogP contribution >= 0.6 is 23.8 Å². The molecule has 136 valence electrons. The van der Waals surface area contributed by atoms with Crippen molar-refractivity contribution in [2.75, 3.05) is 46.2 Å². The molecule has 3 rings (SSSR count). The van der Waals surface area contributed by atoms with Gasteiger partial charge in [-0.15, -0.1) is 0 Å². The molecule has 2 heterocycles. The van der Waals surface area contributed by atoms with E-state index in [1.165, 1.54) is 0 Å². The minimum Gasteiger partial charge on any atom is -0.454 e. The number of halogens is 1. The Labute approximate surface area is 157 Å². The Hall–Kier alpha value is -1.61. The molecule has 1 aromatic carbocycles. The first-order valence-electron chi connectivity index (χ1n) is 8.18. The predicted molar refractivity (Wildman–Crippen MR) is 101 cm³/mol. The molecule has 0 aromatic heterocycles. The van der Waals surface area contributed by atoms with Crippen molar-refractivity contribution in [3.63, 3.8) is 0 Å². The average Bonchev–Trinajstić information content (AvgIpc) is 3.09. The number of hydrogen-bond acceptors (Lipinski definition) is 6. The Morgan fingerprint density at radius 2 is 2.16 bits per heavy atom. The fourth-order valence-electron chi connectivity index (χ4n) is 2.60. The molecule has 1 saturated heterocycles. The van der Waals surface area contributed by atoms with Crippen LogP contribution in [0.25, 0.3) is 0 Å². The van der Waals surface area contributed by atoms with Gasteiger partial charge in [-0.05, 0) is 42.9 Å². The van der Waals surface area contributed by atoms with Gasteiger partial charge in [-0.25, -0.2) is 0 Å². The van der Waals surface area contributed by atoms with Crippen LogP contribution in [0, 0.1) is 0 Å². The number of nitrogens with one attached hydrogen (secondary N) is 2. The van der Waals surface area contributed by atoms with Crippen LogP contribution in [0.4, 0.5) is 0 Å². The molecule has 7 nitrogen and oxygen atoms in total. The number of thiocarbonyl (C=S) groups is 1. The molecule has 2 aliphatic rings. The number of rotatable bonds is 6. The Balaban J connectivity index is 1.36. The molecule has 0 unspecified atom stereocenters. The summed E-state index contributed by atoms with van der Waals surface area (Å²) in [5.74, 6) is 1.20. The molecule has 0 bridgehead atoms. The van der Waals surface area contributed by atoms with Gasteiger partial charge in [-0.2, -0.15) is 5.10 Å². The monoisotopic (exact) mass is 384 g/mol. The molecule has 9 heteroatoms. The first-order chi connectivity index (χ1) is 12.2. The molecule has 2 N–H and O–H groups in total. The molecule has 0 atom stereocenters. The van der Waals surface area contributed by atoms with Crippen LogP contribution in [0.3, 0.4) is 0 Å². The van der Waals surface area contributed by atoms with E-state index in [0.717, 1.165) is 51.4 Å². The maximum absolute atomic E-state index is 6.13. The van der Waals surface area contributed by atoms with Crippen LogP contribution in [0.5, 0.6) is 11.5 Å². The Morgan fingerprint density at radius 1 is 1.32 bits per heavy atom. The fourth-order valence-corrected chi connectivity index (χ4v) is 3.02. The van der Waals surface area contributed by atoms with E-state index in [-0.39, 0.29) is 6.79 Å². The van der Waals surface area contributed by atoms with Crippen LogP contribution in [0.2, 0.25) is 5.02 Å². The third-order valence-electron chi connectivity index (χ3n) is 3.87. The van der Waals surface area contributed by atoms with Gasteiger partial charge in [0.2, 0.25) is 6.79 Å². The first-order valence-corrected chi connectivity index (χ1v) is 8.97. The summed E-state index contributed by atoms with van der Waals surface area (Å²) in [7, 11) is 0. The van der Waals surface area contributed by atoms with Crippen molar-refractivity contribution in [1.29, 1.82) is 0 Å². The lowest BCUT2D eigenvalue weighted by atomic mass is 10.2. The lowest BCUT2D eigenvalue weighted by molar-refractivity contribution is 0.0376. The average molecular weight is 385 g/mol. The summed E-state index contributed by atoms with van der Waals surface area (Å²) in [6, 6.07) is 3.58. The minimum atomic E-state index is 0.187. The fraction of sp³-hybridized carbons (Fsp3) is 0.500. The van der Waals surface area contributed by atoms with Crippen LogP contribution in [0.1, 0.15) is 12.0 Å². The van der Waals surface area contributed by atoms with Crippen molar-refractivity contribution in [1.82, 2.24) is 15.6 Å². The van der Waals surface area contributed by atoms with E-state index in [2.05, 4.69) is 20.7 Å². The van der Waals surface area contributed by atoms with E-state index in [9.17, 15) is 0 Å². The van der Waals surface area contributed by atoms with Crippen molar-refractivity contribution in [3.8, 4) is 11.5 Å². The van der Waals surface area contributed by atoms with Crippen molar-refractivity contribution < 1.29 is 14.2 Å². The van der Waals surface area contributed by atoms with E-state index in [0.29, 0.717) is 21.6 Å². The zero-order chi connectivity index (χ0) is 17.5. The number of morpholine rings is 1. The molecule has 25 heavy (non-hydrogen) atoms. The largest absolute Gasteiger partial charge is 0.454 e. The SMILES string of the molecule is S=C(NCCCN1CCOCC1)N/N=C\c1cc(Cl)c2c(c1)OCO2. The second-order valence-electron chi connectivity index (χ2n) is 5.67. The first kappa shape index (κ1) is 18.2. The molecule has 0 amide bonds. The van der Waals surface area contributed by atoms with Gasteiger partial charge in [0.15, 0.2) is 16.6 Å². The zero-order valence-corrected chi connectivity index (χ0v) is 15.4. The van der Waals surface area contributed by atoms with Crippen LogP contribution < -0.4 is 20.2 Å². The minimum absolute atomic E-state index is 0.187. The summed E-state index contributed by atoms with van der Waals surface area (Å²) in [5.41, 5.74) is 3.60. The summed E-state index contributed by atoms with van der Waals surface area (Å²) in [6.45, 7) is 5.69. The van der Waals surface area contributed by atoms with Gasteiger partial charge in [-0.3, -0.25) is 10.3 Å². The number of hydrazone groups is 1. The molecular formula is C16H21ClN4O3S. The molecule has 0 aliphatic carbocycles. The zero-order valence-electron chi connectivity index (χ0n) is 13.8. The lowest BCUT2D eigenvalue weighted by Gasteiger charge is -2.26. The van der Waals surface area contributed by atoms with E-state index in [1.807, 2.05) is 6.07 Å². The highest BCUT2D eigenvalue weighted by Crippen LogP contribution is 2.39. The van der Waals surface area contributed by atoms with E-state index >= 15 is 0 Å². The van der Waals surface area contributed by atoms with Crippen molar-refractivity contribution in [3.05, 3.63) is 22.7 Å². The van der Waals surface area contributed by atoms with Gasteiger partial charge in [-0.1, -0.05) is 11.6 Å². The van der Waals surface area contributed by atoms with Gasteiger partial charge in [0, 0.05) is 19.6 Å². The maximum Gasteiger partial charge on any atom is 0.231 e. The lowest BCUT2D eigenvalue weighted by Crippen LogP contribution is -2.39. The molecule has 1 fully saturated rings. The maximum atomic E-state index is 6.13. The topological polar surface area (TPSA) is 67.4 Å². The number of hydrogen-bond donors (Lipinski definition) is 2. The summed E-state index contributed by atoms with van der Waals surface area (Å²) in [4.78, 5) is 2.39. The second-order valence-corrected chi connectivity index (χ2v) is 6.49. The quantitative estimate of drug-likeness (QED) is 0.334. The highest BCUT2D eigenvalue weighted by molar-refractivity contribution is 7.80. The number of benzene rings is 1. The van der Waals surface area contributed by atoms with Gasteiger partial charge >= 0.3 is 0 Å². The van der Waals surface area contributed by atoms with Gasteiger partial charge < -0.3 is 19.5 Å². The molecule has 0 radical (unpaired) electrons. The third kappa shape index (κ3) is 5.43. The van der Waals surface area contributed by atoms with Gasteiger partial charge in [0.1, 0.15) is 0 Å². The molecule has 0 spiro atoms. The number of fused-ring (bicyclic) bond motifs is 1. The van der Waals surface area contributed by atoms with E-state index < -0.39 is 0 Å². The highest BCUT2D eigenvalue weighted by atomic mass is 35.5. The number of nitrogens with zero attached hydrogens (tertiary/aromatic N) is 2. The Kier molecular flexibility index (Phi) is 6.69. The smallest absolute Gasteiger partial charge is 0.231 e. The highest BCUT2D eigenvalue weighted by Gasteiger charge is 2.17. The van der Waals surface area contributed by atoms with E-state index in [1.54, 1.807) is 12.3 Å².